The Bertz CT molecular complexity index is 831. The molecule has 1 aromatic carbocycles. The SMILES string of the molecule is C[C@@H]1Oc2cc(S(=O)(=O)N(C)Cc3cccs3)ccc2NC1=O. The highest BCUT2D eigenvalue weighted by molar-refractivity contribution is 7.89. The van der Waals surface area contributed by atoms with Crippen LogP contribution in [0.25, 0.3) is 0 Å². The number of ether oxygens (including phenoxy) is 1. The van der Waals surface area contributed by atoms with Crippen molar-refractivity contribution in [2.24, 2.45) is 0 Å². The second-order valence-corrected chi connectivity index (χ2v) is 8.32. The highest BCUT2D eigenvalue weighted by atomic mass is 32.2. The molecule has 2 aromatic rings. The van der Waals surface area contributed by atoms with Gasteiger partial charge in [-0.3, -0.25) is 4.79 Å². The second-order valence-electron chi connectivity index (χ2n) is 5.25. The van der Waals surface area contributed by atoms with Gasteiger partial charge in [-0.15, -0.1) is 11.3 Å². The number of fused-ring (bicyclic) bond motifs is 1. The number of hydrogen-bond donors (Lipinski definition) is 1. The third kappa shape index (κ3) is 3.10. The van der Waals surface area contributed by atoms with Gasteiger partial charge in [0, 0.05) is 24.5 Å². The summed E-state index contributed by atoms with van der Waals surface area (Å²) in [5.41, 5.74) is 0.480. The molecule has 1 aromatic heterocycles. The van der Waals surface area contributed by atoms with Gasteiger partial charge in [0.25, 0.3) is 5.91 Å². The fourth-order valence-electron chi connectivity index (χ4n) is 2.23. The first-order valence-corrected chi connectivity index (χ1v) is 9.30. The number of thiophene rings is 1. The maximum Gasteiger partial charge on any atom is 0.265 e. The molecule has 0 saturated heterocycles. The van der Waals surface area contributed by atoms with E-state index in [0.29, 0.717) is 18.0 Å². The lowest BCUT2D eigenvalue weighted by atomic mass is 10.2. The van der Waals surface area contributed by atoms with Gasteiger partial charge in [-0.25, -0.2) is 8.42 Å². The van der Waals surface area contributed by atoms with E-state index in [2.05, 4.69) is 5.32 Å². The third-order valence-electron chi connectivity index (χ3n) is 3.55. The van der Waals surface area contributed by atoms with Gasteiger partial charge >= 0.3 is 0 Å². The van der Waals surface area contributed by atoms with E-state index in [1.165, 1.54) is 27.8 Å². The number of carbonyl (C=O) groups excluding carboxylic acids is 1. The average molecular weight is 352 g/mol. The van der Waals surface area contributed by atoms with Crippen LogP contribution in [0.3, 0.4) is 0 Å². The summed E-state index contributed by atoms with van der Waals surface area (Å²) in [6, 6.07) is 8.25. The summed E-state index contributed by atoms with van der Waals surface area (Å²) in [4.78, 5) is 12.7. The Morgan fingerprint density at radius 3 is 2.83 bits per heavy atom. The van der Waals surface area contributed by atoms with Crippen molar-refractivity contribution in [3.05, 3.63) is 40.6 Å². The van der Waals surface area contributed by atoms with E-state index in [0.717, 1.165) is 4.88 Å². The van der Waals surface area contributed by atoms with Crippen LogP contribution in [0.1, 0.15) is 11.8 Å². The van der Waals surface area contributed by atoms with Crippen LogP contribution >= 0.6 is 11.3 Å². The summed E-state index contributed by atoms with van der Waals surface area (Å²) in [6.45, 7) is 1.92. The maximum absolute atomic E-state index is 12.7. The summed E-state index contributed by atoms with van der Waals surface area (Å²) >= 11 is 1.51. The Morgan fingerprint density at radius 2 is 2.13 bits per heavy atom. The molecule has 0 saturated carbocycles. The molecule has 0 aliphatic carbocycles. The number of amides is 1. The molecule has 0 radical (unpaired) electrons. The quantitative estimate of drug-likeness (QED) is 0.916. The molecule has 0 fully saturated rings. The van der Waals surface area contributed by atoms with E-state index < -0.39 is 16.1 Å². The van der Waals surface area contributed by atoms with Crippen LogP contribution in [0.5, 0.6) is 5.75 Å². The van der Waals surface area contributed by atoms with Crippen LogP contribution in [0.4, 0.5) is 5.69 Å². The zero-order valence-corrected chi connectivity index (χ0v) is 14.3. The van der Waals surface area contributed by atoms with Crippen molar-refractivity contribution >= 4 is 33.0 Å². The first-order chi connectivity index (χ1) is 10.9. The largest absolute Gasteiger partial charge is 0.479 e. The van der Waals surface area contributed by atoms with Crippen molar-refractivity contribution in [2.75, 3.05) is 12.4 Å². The molecule has 1 aliphatic heterocycles. The van der Waals surface area contributed by atoms with Gasteiger partial charge in [-0.05, 0) is 30.5 Å². The van der Waals surface area contributed by atoms with Crippen LogP contribution in [0.2, 0.25) is 0 Å². The number of rotatable bonds is 4. The molecular weight excluding hydrogens is 336 g/mol. The number of carbonyl (C=O) groups is 1. The maximum atomic E-state index is 12.7. The Balaban J connectivity index is 1.88. The van der Waals surface area contributed by atoms with Crippen LogP contribution in [-0.4, -0.2) is 31.8 Å². The number of sulfonamides is 1. The third-order valence-corrected chi connectivity index (χ3v) is 6.21. The van der Waals surface area contributed by atoms with Gasteiger partial charge in [0.15, 0.2) is 6.10 Å². The lowest BCUT2D eigenvalue weighted by Gasteiger charge is -2.24. The smallest absolute Gasteiger partial charge is 0.265 e. The minimum absolute atomic E-state index is 0.138. The van der Waals surface area contributed by atoms with Crippen molar-refractivity contribution < 1.29 is 17.9 Å². The molecule has 1 aliphatic rings. The topological polar surface area (TPSA) is 75.7 Å². The van der Waals surface area contributed by atoms with Gasteiger partial charge in [0.1, 0.15) is 5.75 Å². The molecule has 0 spiro atoms. The highest BCUT2D eigenvalue weighted by Gasteiger charge is 2.27. The lowest BCUT2D eigenvalue weighted by Crippen LogP contribution is -2.34. The Morgan fingerprint density at radius 1 is 1.35 bits per heavy atom. The fourth-order valence-corrected chi connectivity index (χ4v) is 4.23. The average Bonchev–Trinajstić information content (AvgIpc) is 3.00. The summed E-state index contributed by atoms with van der Waals surface area (Å²) < 4.78 is 32.1. The van der Waals surface area contributed by atoms with Crippen molar-refractivity contribution in [2.45, 2.75) is 24.5 Å². The van der Waals surface area contributed by atoms with Crippen LogP contribution in [0, 0.1) is 0 Å². The Hall–Kier alpha value is -1.90. The molecule has 122 valence electrons. The standard InChI is InChI=1S/C15H16N2O4S2/c1-10-15(18)16-13-6-5-12(8-14(13)21-10)23(19,20)17(2)9-11-4-3-7-22-11/h3-8,10H,9H2,1-2H3,(H,16,18)/t10-/m0/s1. The van der Waals surface area contributed by atoms with E-state index in [1.807, 2.05) is 17.5 Å². The second kappa shape index (κ2) is 5.95. The monoisotopic (exact) mass is 352 g/mol. The number of hydrogen-bond acceptors (Lipinski definition) is 5. The molecule has 1 amide bonds. The van der Waals surface area contributed by atoms with Gasteiger partial charge in [0.2, 0.25) is 10.0 Å². The molecule has 23 heavy (non-hydrogen) atoms. The summed E-state index contributed by atoms with van der Waals surface area (Å²) in [5.74, 6) is 0.116. The molecule has 3 rings (SSSR count). The molecule has 6 nitrogen and oxygen atoms in total. The van der Waals surface area contributed by atoms with E-state index in [1.54, 1.807) is 20.0 Å². The molecule has 1 atom stereocenters. The normalized spacial score (nSPS) is 17.5. The Labute approximate surface area is 138 Å². The predicted molar refractivity (Wildman–Crippen MR) is 88.1 cm³/mol. The van der Waals surface area contributed by atoms with Crippen molar-refractivity contribution in [1.82, 2.24) is 4.31 Å². The number of anilines is 1. The van der Waals surface area contributed by atoms with Crippen molar-refractivity contribution in [3.63, 3.8) is 0 Å². The first-order valence-electron chi connectivity index (χ1n) is 6.98. The van der Waals surface area contributed by atoms with Crippen LogP contribution in [0.15, 0.2) is 40.6 Å². The van der Waals surface area contributed by atoms with E-state index >= 15 is 0 Å². The van der Waals surface area contributed by atoms with Crippen LogP contribution < -0.4 is 10.1 Å². The molecule has 0 unspecified atom stereocenters. The minimum Gasteiger partial charge on any atom is -0.479 e. The zero-order chi connectivity index (χ0) is 16.6. The number of nitrogens with zero attached hydrogens (tertiary/aromatic N) is 1. The van der Waals surface area contributed by atoms with Gasteiger partial charge in [0.05, 0.1) is 10.6 Å². The van der Waals surface area contributed by atoms with Crippen molar-refractivity contribution in [3.8, 4) is 5.75 Å². The van der Waals surface area contributed by atoms with Gasteiger partial charge in [-0.2, -0.15) is 4.31 Å². The van der Waals surface area contributed by atoms with Crippen molar-refractivity contribution in [1.29, 1.82) is 0 Å². The highest BCUT2D eigenvalue weighted by Crippen LogP contribution is 2.33. The minimum atomic E-state index is -3.63. The number of benzene rings is 1. The molecule has 1 N–H and O–H groups in total. The van der Waals surface area contributed by atoms with Gasteiger partial charge in [-0.1, -0.05) is 6.07 Å². The fraction of sp³-hybridized carbons (Fsp3) is 0.267. The predicted octanol–water partition coefficient (Wildman–Crippen LogP) is 2.29. The molecule has 0 bridgehead atoms. The summed E-state index contributed by atoms with van der Waals surface area (Å²) in [6.07, 6.45) is -0.649. The van der Waals surface area contributed by atoms with E-state index in [-0.39, 0.29) is 10.8 Å². The summed E-state index contributed by atoms with van der Waals surface area (Å²) in [5, 5.41) is 4.59. The van der Waals surface area contributed by atoms with Crippen LogP contribution in [-0.2, 0) is 21.4 Å². The van der Waals surface area contributed by atoms with E-state index in [4.69, 9.17) is 4.74 Å². The first kappa shape index (κ1) is 16.0. The molecule has 2 heterocycles. The summed E-state index contributed by atoms with van der Waals surface area (Å²) in [7, 11) is -2.09. The van der Waals surface area contributed by atoms with E-state index in [9.17, 15) is 13.2 Å². The lowest BCUT2D eigenvalue weighted by molar-refractivity contribution is -0.122. The Kier molecular flexibility index (Phi) is 4.13. The molecular formula is C15H16N2O4S2. The van der Waals surface area contributed by atoms with Gasteiger partial charge < -0.3 is 10.1 Å². The number of nitrogens with one attached hydrogen (secondary N) is 1. The molecule has 8 heteroatoms. The zero-order valence-electron chi connectivity index (χ0n) is 12.6.